The smallest absolute Gasteiger partial charge is 0.260 e. The number of aryl methyl sites for hydroxylation is 1. The minimum absolute atomic E-state index is 0.0332. The molecule has 1 aromatic heterocycles. The Morgan fingerprint density at radius 2 is 1.86 bits per heavy atom. The Kier molecular flexibility index (Phi) is 6.92. The molecule has 6 heteroatoms. The van der Waals surface area contributed by atoms with Gasteiger partial charge in [0.1, 0.15) is 5.75 Å². The first kappa shape index (κ1) is 20.6. The third kappa shape index (κ3) is 5.24. The first-order chi connectivity index (χ1) is 13.4. The molecular formula is C22H28ClN3O2. The van der Waals surface area contributed by atoms with Crippen molar-refractivity contribution in [3.8, 4) is 5.75 Å². The van der Waals surface area contributed by atoms with Crippen LogP contribution in [0.5, 0.6) is 5.75 Å². The van der Waals surface area contributed by atoms with E-state index in [1.54, 1.807) is 0 Å². The van der Waals surface area contributed by atoms with Crippen LogP contribution in [0.3, 0.4) is 0 Å². The van der Waals surface area contributed by atoms with Crippen LogP contribution < -0.4 is 4.74 Å². The fourth-order valence-electron chi connectivity index (χ4n) is 3.38. The molecule has 1 amide bonds. The van der Waals surface area contributed by atoms with Crippen molar-refractivity contribution in [1.82, 2.24) is 14.8 Å². The van der Waals surface area contributed by atoms with Gasteiger partial charge in [-0.3, -0.25) is 14.7 Å². The van der Waals surface area contributed by atoms with E-state index in [2.05, 4.69) is 23.7 Å². The fourth-order valence-corrected chi connectivity index (χ4v) is 3.55. The number of halogens is 1. The van der Waals surface area contributed by atoms with E-state index in [-0.39, 0.29) is 18.4 Å². The highest BCUT2D eigenvalue weighted by atomic mass is 35.5. The van der Waals surface area contributed by atoms with Crippen LogP contribution in [-0.4, -0.2) is 53.5 Å². The van der Waals surface area contributed by atoms with E-state index in [1.165, 1.54) is 5.56 Å². The predicted molar refractivity (Wildman–Crippen MR) is 112 cm³/mol. The van der Waals surface area contributed by atoms with E-state index < -0.39 is 0 Å². The summed E-state index contributed by atoms with van der Waals surface area (Å²) in [6.45, 7) is 10.3. The van der Waals surface area contributed by atoms with Gasteiger partial charge in [-0.05, 0) is 53.8 Å². The van der Waals surface area contributed by atoms with E-state index >= 15 is 0 Å². The van der Waals surface area contributed by atoms with E-state index in [9.17, 15) is 4.79 Å². The number of rotatable bonds is 6. The topological polar surface area (TPSA) is 45.7 Å². The predicted octanol–water partition coefficient (Wildman–Crippen LogP) is 3.89. The molecule has 5 nitrogen and oxygen atoms in total. The molecule has 0 atom stereocenters. The molecule has 0 saturated carbocycles. The van der Waals surface area contributed by atoms with Crippen molar-refractivity contribution in [3.63, 3.8) is 0 Å². The number of carbonyl (C=O) groups is 1. The quantitative estimate of drug-likeness (QED) is 0.736. The van der Waals surface area contributed by atoms with Gasteiger partial charge in [0.05, 0.1) is 0 Å². The van der Waals surface area contributed by atoms with E-state index in [0.717, 1.165) is 54.6 Å². The third-order valence-electron chi connectivity index (χ3n) is 5.14. The zero-order chi connectivity index (χ0) is 20.1. The van der Waals surface area contributed by atoms with Gasteiger partial charge in [-0.2, -0.15) is 0 Å². The van der Waals surface area contributed by atoms with Gasteiger partial charge >= 0.3 is 0 Å². The number of benzene rings is 1. The zero-order valence-electron chi connectivity index (χ0n) is 16.8. The molecule has 2 heterocycles. The minimum atomic E-state index is 0.0332. The van der Waals surface area contributed by atoms with Gasteiger partial charge in [0.25, 0.3) is 5.91 Å². The maximum Gasteiger partial charge on any atom is 0.260 e. The minimum Gasteiger partial charge on any atom is -0.483 e. The second-order valence-corrected chi connectivity index (χ2v) is 8.00. The lowest BCUT2D eigenvalue weighted by Crippen LogP contribution is -2.49. The molecule has 1 saturated heterocycles. The number of carbonyl (C=O) groups excluding carboxylic acids is 1. The molecule has 0 radical (unpaired) electrons. The average molecular weight is 402 g/mol. The second kappa shape index (κ2) is 9.39. The van der Waals surface area contributed by atoms with Crippen LogP contribution in [0.1, 0.15) is 36.5 Å². The molecule has 150 valence electrons. The van der Waals surface area contributed by atoms with E-state index in [4.69, 9.17) is 16.3 Å². The molecule has 0 bridgehead atoms. The lowest BCUT2D eigenvalue weighted by molar-refractivity contribution is -0.135. The van der Waals surface area contributed by atoms with Crippen LogP contribution in [-0.2, 0) is 11.3 Å². The van der Waals surface area contributed by atoms with Crippen molar-refractivity contribution in [2.45, 2.75) is 33.2 Å². The number of hydrogen-bond acceptors (Lipinski definition) is 4. The first-order valence-corrected chi connectivity index (χ1v) is 10.1. The largest absolute Gasteiger partial charge is 0.483 e. The summed E-state index contributed by atoms with van der Waals surface area (Å²) in [5, 5.41) is 0.729. The third-order valence-corrected chi connectivity index (χ3v) is 5.55. The zero-order valence-corrected chi connectivity index (χ0v) is 17.6. The number of hydrogen-bond donors (Lipinski definition) is 0. The van der Waals surface area contributed by atoms with Gasteiger partial charge in [-0.25, -0.2) is 0 Å². The molecule has 1 aliphatic heterocycles. The normalized spacial score (nSPS) is 15.1. The molecule has 0 unspecified atom stereocenters. The molecule has 0 N–H and O–H groups in total. The molecule has 0 aliphatic carbocycles. The Balaban J connectivity index is 1.52. The van der Waals surface area contributed by atoms with Crippen LogP contribution in [0.2, 0.25) is 5.02 Å². The Bertz CT molecular complexity index is 803. The maximum absolute atomic E-state index is 12.6. The maximum atomic E-state index is 12.6. The summed E-state index contributed by atoms with van der Waals surface area (Å²) in [5.41, 5.74) is 3.24. The number of aromatic nitrogens is 1. The van der Waals surface area contributed by atoms with Gasteiger partial charge in [0.2, 0.25) is 0 Å². The van der Waals surface area contributed by atoms with Gasteiger partial charge in [0, 0.05) is 50.1 Å². The van der Waals surface area contributed by atoms with Crippen molar-refractivity contribution < 1.29 is 9.53 Å². The lowest BCUT2D eigenvalue weighted by Gasteiger charge is -2.34. The van der Waals surface area contributed by atoms with Crippen molar-refractivity contribution in [2.75, 3.05) is 32.8 Å². The first-order valence-electron chi connectivity index (χ1n) is 9.76. The highest BCUT2D eigenvalue weighted by Gasteiger charge is 2.22. The second-order valence-electron chi connectivity index (χ2n) is 7.59. The number of amides is 1. The molecular weight excluding hydrogens is 374 g/mol. The average Bonchev–Trinajstić information content (AvgIpc) is 2.69. The molecule has 2 aromatic rings. The SMILES string of the molecule is Cc1cc(OCC(=O)N2CCN(Cc3ccncc3)CC2)c(C(C)C)cc1Cl. The van der Waals surface area contributed by atoms with Crippen LogP contribution in [0.15, 0.2) is 36.7 Å². The van der Waals surface area contributed by atoms with Crippen LogP contribution in [0.25, 0.3) is 0 Å². The highest BCUT2D eigenvalue weighted by Crippen LogP contribution is 2.32. The monoisotopic (exact) mass is 401 g/mol. The number of nitrogens with zero attached hydrogens (tertiary/aromatic N) is 3. The van der Waals surface area contributed by atoms with E-state index in [1.807, 2.05) is 48.5 Å². The van der Waals surface area contributed by atoms with Gasteiger partial charge in [-0.15, -0.1) is 0 Å². The standard InChI is InChI=1S/C22H28ClN3O2/c1-16(2)19-13-20(23)17(3)12-21(19)28-15-22(27)26-10-8-25(9-11-26)14-18-4-6-24-7-5-18/h4-7,12-13,16H,8-11,14-15H2,1-3H3. The summed E-state index contributed by atoms with van der Waals surface area (Å²) in [7, 11) is 0. The Morgan fingerprint density at radius 1 is 1.18 bits per heavy atom. The number of pyridine rings is 1. The summed E-state index contributed by atoms with van der Waals surface area (Å²) in [6, 6.07) is 7.94. The summed E-state index contributed by atoms with van der Waals surface area (Å²) in [4.78, 5) is 20.9. The molecule has 0 spiro atoms. The van der Waals surface area contributed by atoms with Crippen molar-refractivity contribution in [3.05, 3.63) is 58.4 Å². The Hall–Kier alpha value is -2.11. The van der Waals surface area contributed by atoms with Crippen LogP contribution in [0.4, 0.5) is 0 Å². The van der Waals surface area contributed by atoms with E-state index in [0.29, 0.717) is 0 Å². The Labute approximate surface area is 172 Å². The van der Waals surface area contributed by atoms with Gasteiger partial charge in [-0.1, -0.05) is 25.4 Å². The molecule has 1 aliphatic rings. The van der Waals surface area contributed by atoms with Crippen LogP contribution >= 0.6 is 11.6 Å². The highest BCUT2D eigenvalue weighted by molar-refractivity contribution is 6.31. The van der Waals surface area contributed by atoms with Crippen LogP contribution in [0, 0.1) is 6.92 Å². The summed E-state index contributed by atoms with van der Waals surface area (Å²) in [5.74, 6) is 1.06. The molecule has 28 heavy (non-hydrogen) atoms. The van der Waals surface area contributed by atoms with Crippen molar-refractivity contribution in [1.29, 1.82) is 0 Å². The molecule has 1 fully saturated rings. The van der Waals surface area contributed by atoms with Crippen molar-refractivity contribution >= 4 is 17.5 Å². The Morgan fingerprint density at radius 3 is 2.50 bits per heavy atom. The molecule has 1 aromatic carbocycles. The summed E-state index contributed by atoms with van der Waals surface area (Å²) < 4.78 is 5.90. The van der Waals surface area contributed by atoms with Gasteiger partial charge < -0.3 is 9.64 Å². The molecule has 3 rings (SSSR count). The summed E-state index contributed by atoms with van der Waals surface area (Å²) >= 11 is 6.25. The lowest BCUT2D eigenvalue weighted by atomic mass is 10.0. The number of piperazine rings is 1. The fraction of sp³-hybridized carbons (Fsp3) is 0.455. The number of ether oxygens (including phenoxy) is 1. The van der Waals surface area contributed by atoms with Gasteiger partial charge in [0.15, 0.2) is 6.61 Å². The van der Waals surface area contributed by atoms with Crippen molar-refractivity contribution in [2.24, 2.45) is 0 Å². The summed E-state index contributed by atoms with van der Waals surface area (Å²) in [6.07, 6.45) is 3.63.